The summed E-state index contributed by atoms with van der Waals surface area (Å²) in [6, 6.07) is 13.5. The van der Waals surface area contributed by atoms with E-state index >= 15 is 0 Å². The highest BCUT2D eigenvalue weighted by atomic mass is 32.2. The number of hydrogen-bond donors (Lipinski definition) is 2. The Morgan fingerprint density at radius 3 is 2.45 bits per heavy atom. The second-order valence-corrected chi connectivity index (χ2v) is 10.8. The van der Waals surface area contributed by atoms with E-state index in [9.17, 15) is 27.0 Å². The third-order valence-corrected chi connectivity index (χ3v) is 7.64. The molecule has 1 unspecified atom stereocenters. The lowest BCUT2D eigenvalue weighted by Crippen LogP contribution is -2.33. The number of aromatic nitrogens is 3. The van der Waals surface area contributed by atoms with Crippen molar-refractivity contribution in [3.8, 4) is 23.1 Å². The van der Waals surface area contributed by atoms with E-state index < -0.39 is 32.9 Å². The molecule has 4 rings (SSSR count). The predicted molar refractivity (Wildman–Crippen MR) is 144 cm³/mol. The molecule has 2 N–H and O–H groups in total. The molecule has 40 heavy (non-hydrogen) atoms. The van der Waals surface area contributed by atoms with Crippen LogP contribution in [0.2, 0.25) is 0 Å². The number of pyridine rings is 1. The second kappa shape index (κ2) is 10.7. The molecule has 0 radical (unpaired) electrons. The second-order valence-electron chi connectivity index (χ2n) is 8.80. The Hall–Kier alpha value is -4.83. The van der Waals surface area contributed by atoms with Crippen molar-refractivity contribution in [2.24, 2.45) is 7.05 Å². The first-order chi connectivity index (χ1) is 18.8. The maximum atomic E-state index is 13.6. The fraction of sp³-hybridized carbons (Fsp3) is 0.148. The van der Waals surface area contributed by atoms with Crippen molar-refractivity contribution in [2.75, 3.05) is 0 Å². The number of nitriles is 1. The molecule has 9 nitrogen and oxygen atoms in total. The molecule has 2 aromatic carbocycles. The fourth-order valence-electron chi connectivity index (χ4n) is 4.13. The summed E-state index contributed by atoms with van der Waals surface area (Å²) in [5, 5.41) is 15.5. The number of nitrogens with zero attached hydrogens (tertiary/aromatic N) is 4. The Balaban J connectivity index is 1.74. The highest BCUT2D eigenvalue weighted by Gasteiger charge is 2.31. The van der Waals surface area contributed by atoms with Gasteiger partial charge >= 0.3 is 6.18 Å². The lowest BCUT2D eigenvalue weighted by molar-refractivity contribution is -0.137. The Morgan fingerprint density at radius 2 is 1.85 bits per heavy atom. The minimum absolute atomic E-state index is 0.0129. The van der Waals surface area contributed by atoms with Crippen LogP contribution in [0.3, 0.4) is 0 Å². The molecule has 0 aliphatic rings. The van der Waals surface area contributed by atoms with Gasteiger partial charge in [-0.1, -0.05) is 18.2 Å². The monoisotopic (exact) mass is 568 g/mol. The zero-order valence-corrected chi connectivity index (χ0v) is 22.1. The van der Waals surface area contributed by atoms with Crippen LogP contribution >= 0.6 is 0 Å². The summed E-state index contributed by atoms with van der Waals surface area (Å²) in [5.74, 6) is 2.75. The van der Waals surface area contributed by atoms with E-state index in [2.05, 4.69) is 21.0 Å². The van der Waals surface area contributed by atoms with Crippen molar-refractivity contribution in [3.05, 3.63) is 99.6 Å². The molecule has 13 heteroatoms. The molecule has 0 saturated heterocycles. The summed E-state index contributed by atoms with van der Waals surface area (Å²) in [4.78, 5) is 27.1. The Bertz CT molecular complexity index is 1800. The van der Waals surface area contributed by atoms with Gasteiger partial charge in [-0.05, 0) is 60.8 Å². The molecule has 2 heterocycles. The zero-order chi connectivity index (χ0) is 29.2. The van der Waals surface area contributed by atoms with Gasteiger partial charge in [-0.2, -0.15) is 23.5 Å². The summed E-state index contributed by atoms with van der Waals surface area (Å²) in [7, 11) is -1.34. The van der Waals surface area contributed by atoms with Crippen LogP contribution in [0, 0.1) is 18.4 Å². The third kappa shape index (κ3) is 5.62. The van der Waals surface area contributed by atoms with Gasteiger partial charge < -0.3 is 5.32 Å². The molecule has 0 saturated carbocycles. The standard InChI is InChI=1S/C27H23F3N6O3S/c1-17-22(24-11-12-33-35(24)2)14-23(26(38)36(17)20-6-4-5-19(13-20)27(28,29)30)25(37)32-15-18-7-9-21(10-8-18)40(3,39)34-16-31/h4-14H,3,15H2,1-2H3,(H,32,37)(H,34,39). The number of halogens is 3. The summed E-state index contributed by atoms with van der Waals surface area (Å²) >= 11 is 0. The highest BCUT2D eigenvalue weighted by molar-refractivity contribution is 7.98. The minimum Gasteiger partial charge on any atom is -0.348 e. The molecule has 0 aliphatic heterocycles. The SMILES string of the molecule is C=S(=O)(NC#N)c1ccc(CNC(=O)c2cc(-c3ccnn3C)c(C)n(-c3cccc(C(F)(F)F)c3)c2=O)cc1. The smallest absolute Gasteiger partial charge is 0.348 e. The summed E-state index contributed by atoms with van der Waals surface area (Å²) < 4.78 is 57.4. The van der Waals surface area contributed by atoms with Gasteiger partial charge in [-0.15, -0.1) is 0 Å². The minimum atomic E-state index is -4.63. The topological polar surface area (TPSA) is 122 Å². The van der Waals surface area contributed by atoms with Crippen molar-refractivity contribution < 1.29 is 22.2 Å². The van der Waals surface area contributed by atoms with Gasteiger partial charge in [0.1, 0.15) is 5.56 Å². The molecule has 0 spiro atoms. The largest absolute Gasteiger partial charge is 0.416 e. The lowest BCUT2D eigenvalue weighted by atomic mass is 10.1. The van der Waals surface area contributed by atoms with E-state index in [4.69, 9.17) is 5.26 Å². The molecule has 0 fully saturated rings. The normalized spacial score (nSPS) is 12.8. The molecule has 4 aromatic rings. The number of rotatable bonds is 7. The van der Waals surface area contributed by atoms with E-state index in [0.717, 1.165) is 16.7 Å². The number of aryl methyl sites for hydroxylation is 1. The van der Waals surface area contributed by atoms with Gasteiger partial charge in [0.25, 0.3) is 11.5 Å². The Kier molecular flexibility index (Phi) is 7.57. The van der Waals surface area contributed by atoms with Crippen LogP contribution in [0.5, 0.6) is 0 Å². The van der Waals surface area contributed by atoms with E-state index in [-0.39, 0.29) is 22.7 Å². The summed E-state index contributed by atoms with van der Waals surface area (Å²) in [6.45, 7) is 1.57. The third-order valence-electron chi connectivity index (χ3n) is 6.19. The van der Waals surface area contributed by atoms with Crippen LogP contribution in [0.25, 0.3) is 16.9 Å². The number of nitrogens with one attached hydrogen (secondary N) is 2. The number of carbonyl (C=O) groups excluding carboxylic acids is 1. The molecular formula is C27H23F3N6O3S. The average molecular weight is 569 g/mol. The van der Waals surface area contributed by atoms with E-state index in [1.165, 1.54) is 41.2 Å². The van der Waals surface area contributed by atoms with E-state index in [1.807, 2.05) is 0 Å². The number of alkyl halides is 3. The predicted octanol–water partition coefficient (Wildman–Crippen LogP) is 3.56. The van der Waals surface area contributed by atoms with Crippen molar-refractivity contribution in [1.82, 2.24) is 24.4 Å². The Labute approximate surface area is 227 Å². The van der Waals surface area contributed by atoms with Crippen LogP contribution < -0.4 is 15.6 Å². The number of benzene rings is 2. The molecule has 2 aromatic heterocycles. The molecule has 1 amide bonds. The van der Waals surface area contributed by atoms with Crippen LogP contribution in [0.15, 0.2) is 76.6 Å². The Morgan fingerprint density at radius 1 is 1.15 bits per heavy atom. The highest BCUT2D eigenvalue weighted by Crippen LogP contribution is 2.31. The van der Waals surface area contributed by atoms with Gasteiger partial charge in [-0.3, -0.25) is 18.8 Å². The number of amides is 1. The number of carbonyl (C=O) groups is 1. The van der Waals surface area contributed by atoms with Crippen molar-refractivity contribution in [3.63, 3.8) is 0 Å². The summed E-state index contributed by atoms with van der Waals surface area (Å²) in [5.41, 5.74) is -0.164. The van der Waals surface area contributed by atoms with E-state index in [0.29, 0.717) is 22.5 Å². The van der Waals surface area contributed by atoms with Gasteiger partial charge in [0.15, 0.2) is 6.19 Å². The maximum Gasteiger partial charge on any atom is 0.416 e. The molecular weight excluding hydrogens is 545 g/mol. The van der Waals surface area contributed by atoms with Crippen molar-refractivity contribution in [1.29, 1.82) is 5.26 Å². The zero-order valence-electron chi connectivity index (χ0n) is 21.3. The van der Waals surface area contributed by atoms with Crippen molar-refractivity contribution >= 4 is 21.5 Å². The van der Waals surface area contributed by atoms with Gasteiger partial charge in [0.05, 0.1) is 25.9 Å². The summed E-state index contributed by atoms with van der Waals surface area (Å²) in [6.07, 6.45) is -1.51. The van der Waals surface area contributed by atoms with Gasteiger partial charge in [0, 0.05) is 36.7 Å². The number of hydrogen-bond acceptors (Lipinski definition) is 5. The first-order valence-corrected chi connectivity index (χ1v) is 13.4. The van der Waals surface area contributed by atoms with Crippen LogP contribution in [0.1, 0.15) is 27.2 Å². The fourth-order valence-corrected chi connectivity index (χ4v) is 4.97. The molecule has 0 bridgehead atoms. The van der Waals surface area contributed by atoms with Crippen LogP contribution in [0.4, 0.5) is 13.2 Å². The van der Waals surface area contributed by atoms with Gasteiger partial charge in [0.2, 0.25) is 0 Å². The van der Waals surface area contributed by atoms with Gasteiger partial charge in [-0.25, -0.2) is 8.93 Å². The average Bonchev–Trinajstić information content (AvgIpc) is 3.33. The molecule has 206 valence electrons. The van der Waals surface area contributed by atoms with E-state index in [1.54, 1.807) is 38.4 Å². The quantitative estimate of drug-likeness (QED) is 0.201. The van der Waals surface area contributed by atoms with Crippen LogP contribution in [-0.4, -0.2) is 30.3 Å². The first-order valence-electron chi connectivity index (χ1n) is 11.7. The maximum absolute atomic E-state index is 13.6. The first kappa shape index (κ1) is 28.2. The van der Waals surface area contributed by atoms with Crippen molar-refractivity contribution in [2.45, 2.75) is 24.5 Å². The molecule has 1 atom stereocenters. The lowest BCUT2D eigenvalue weighted by Gasteiger charge is -2.18. The molecule has 0 aliphatic carbocycles. The van der Waals surface area contributed by atoms with Crippen LogP contribution in [-0.2, 0) is 29.5 Å².